The van der Waals surface area contributed by atoms with Crippen LogP contribution in [0.1, 0.15) is 30.4 Å². The smallest absolute Gasteiger partial charge is 0.270 e. The second-order valence-corrected chi connectivity index (χ2v) is 7.64. The number of benzene rings is 2. The highest BCUT2D eigenvalue weighted by atomic mass is 19.1. The van der Waals surface area contributed by atoms with Gasteiger partial charge in [0.25, 0.3) is 5.91 Å². The number of halogens is 1. The molecule has 2 aliphatic rings. The second-order valence-electron chi connectivity index (χ2n) is 7.64. The number of primary amides is 1. The largest absolute Gasteiger partial charge is 0.368 e. The van der Waals surface area contributed by atoms with E-state index in [4.69, 9.17) is 5.73 Å². The molecular formula is C22H23FN4O2. The number of aryl methyl sites for hydroxylation is 1. The first-order valence-electron chi connectivity index (χ1n) is 9.70. The van der Waals surface area contributed by atoms with Crippen molar-refractivity contribution in [2.45, 2.75) is 44.8 Å². The number of carbonyl (C=O) groups is 2. The van der Waals surface area contributed by atoms with E-state index < -0.39 is 11.9 Å². The van der Waals surface area contributed by atoms with Crippen LogP contribution in [0.5, 0.6) is 0 Å². The fraction of sp³-hybridized carbons (Fsp3) is 0.318. The van der Waals surface area contributed by atoms with Gasteiger partial charge in [-0.1, -0.05) is 29.8 Å². The fourth-order valence-corrected chi connectivity index (χ4v) is 3.50. The molecule has 1 unspecified atom stereocenters. The summed E-state index contributed by atoms with van der Waals surface area (Å²) in [5.74, 6) is -1.14. The molecule has 2 N–H and O–H groups in total. The molecule has 0 spiro atoms. The zero-order valence-electron chi connectivity index (χ0n) is 16.2. The Kier molecular flexibility index (Phi) is 5.05. The minimum absolute atomic E-state index is 0.142. The summed E-state index contributed by atoms with van der Waals surface area (Å²) in [4.78, 5) is 27.1. The molecular weight excluding hydrogens is 371 g/mol. The van der Waals surface area contributed by atoms with Crippen LogP contribution in [0.2, 0.25) is 0 Å². The van der Waals surface area contributed by atoms with Crippen LogP contribution in [-0.2, 0) is 16.1 Å². The number of nitrogens with zero attached hydrogens (tertiary/aromatic N) is 3. The molecule has 6 nitrogen and oxygen atoms in total. The Morgan fingerprint density at radius 1 is 1.14 bits per heavy atom. The van der Waals surface area contributed by atoms with E-state index in [0.717, 1.165) is 24.0 Å². The summed E-state index contributed by atoms with van der Waals surface area (Å²) in [7, 11) is 0. The summed E-state index contributed by atoms with van der Waals surface area (Å²) in [5, 5.41) is 5.84. The van der Waals surface area contributed by atoms with Gasteiger partial charge in [-0.15, -0.1) is 0 Å². The summed E-state index contributed by atoms with van der Waals surface area (Å²) >= 11 is 0. The Bertz CT molecular complexity index is 952. The van der Waals surface area contributed by atoms with Crippen LogP contribution in [-0.4, -0.2) is 34.5 Å². The van der Waals surface area contributed by atoms with E-state index in [9.17, 15) is 14.0 Å². The monoisotopic (exact) mass is 394 g/mol. The van der Waals surface area contributed by atoms with Crippen LogP contribution < -0.4 is 10.7 Å². The Labute approximate surface area is 168 Å². The standard InChI is InChI=1S/C22H23FN4O2/c1-14-2-4-15(5-3-14)13-26(17-10-11-17)22(29)19-12-20(21(24)28)27(25-19)18-8-6-16(23)7-9-18/h2-9,17,20H,10-13H2,1H3,(H2,24,28). The summed E-state index contributed by atoms with van der Waals surface area (Å²) < 4.78 is 13.3. The first kappa shape index (κ1) is 19.1. The molecule has 2 aromatic rings. The summed E-state index contributed by atoms with van der Waals surface area (Å²) in [6, 6.07) is 13.1. The summed E-state index contributed by atoms with van der Waals surface area (Å²) in [5.41, 5.74) is 8.59. The van der Waals surface area contributed by atoms with Gasteiger partial charge in [0.1, 0.15) is 17.6 Å². The fourth-order valence-electron chi connectivity index (χ4n) is 3.50. The van der Waals surface area contributed by atoms with Crippen LogP contribution in [0.3, 0.4) is 0 Å². The molecule has 1 fully saturated rings. The maximum absolute atomic E-state index is 13.3. The lowest BCUT2D eigenvalue weighted by molar-refractivity contribution is -0.125. The number of rotatable bonds is 6. The number of carbonyl (C=O) groups excluding carboxylic acids is 2. The van der Waals surface area contributed by atoms with E-state index in [2.05, 4.69) is 5.10 Å². The number of hydrazone groups is 1. The van der Waals surface area contributed by atoms with E-state index >= 15 is 0 Å². The van der Waals surface area contributed by atoms with Gasteiger partial charge in [0.05, 0.1) is 5.69 Å². The van der Waals surface area contributed by atoms with Crippen molar-refractivity contribution in [2.75, 3.05) is 5.01 Å². The van der Waals surface area contributed by atoms with E-state index in [0.29, 0.717) is 17.9 Å². The topological polar surface area (TPSA) is 79.0 Å². The molecule has 0 radical (unpaired) electrons. The highest BCUT2D eigenvalue weighted by molar-refractivity contribution is 6.40. The number of anilines is 1. The van der Waals surface area contributed by atoms with Crippen LogP contribution in [0, 0.1) is 12.7 Å². The van der Waals surface area contributed by atoms with Gasteiger partial charge < -0.3 is 10.6 Å². The molecule has 4 rings (SSSR count). The van der Waals surface area contributed by atoms with Gasteiger partial charge in [-0.05, 0) is 49.6 Å². The lowest BCUT2D eigenvalue weighted by Crippen LogP contribution is -2.40. The van der Waals surface area contributed by atoms with Gasteiger partial charge in [0.2, 0.25) is 5.91 Å². The van der Waals surface area contributed by atoms with Crippen LogP contribution in [0.4, 0.5) is 10.1 Å². The molecule has 2 amide bonds. The van der Waals surface area contributed by atoms with Crippen LogP contribution in [0.25, 0.3) is 0 Å². The number of amides is 2. The lowest BCUT2D eigenvalue weighted by atomic mass is 10.1. The van der Waals surface area contributed by atoms with E-state index in [-0.39, 0.29) is 24.2 Å². The lowest BCUT2D eigenvalue weighted by Gasteiger charge is -2.22. The van der Waals surface area contributed by atoms with Gasteiger partial charge in [-0.25, -0.2) is 4.39 Å². The van der Waals surface area contributed by atoms with E-state index in [1.165, 1.54) is 29.3 Å². The quantitative estimate of drug-likeness (QED) is 0.818. The average molecular weight is 394 g/mol. The van der Waals surface area contributed by atoms with Crippen molar-refractivity contribution in [3.8, 4) is 0 Å². The molecule has 0 saturated heterocycles. The molecule has 150 valence electrons. The van der Waals surface area contributed by atoms with Crippen molar-refractivity contribution in [3.05, 3.63) is 65.5 Å². The summed E-state index contributed by atoms with van der Waals surface area (Å²) in [6.45, 7) is 2.52. The summed E-state index contributed by atoms with van der Waals surface area (Å²) in [6.07, 6.45) is 2.07. The minimum Gasteiger partial charge on any atom is -0.368 e. The third-order valence-electron chi connectivity index (χ3n) is 5.30. The molecule has 2 aromatic carbocycles. The highest BCUT2D eigenvalue weighted by Gasteiger charge is 2.40. The van der Waals surface area contributed by atoms with Crippen molar-refractivity contribution in [3.63, 3.8) is 0 Å². The first-order chi connectivity index (χ1) is 13.9. The van der Waals surface area contributed by atoms with Gasteiger partial charge in [-0.2, -0.15) is 5.10 Å². The number of nitrogens with two attached hydrogens (primary N) is 1. The second kappa shape index (κ2) is 7.66. The SMILES string of the molecule is Cc1ccc(CN(C(=O)C2=NN(c3ccc(F)cc3)C(C(N)=O)C2)C2CC2)cc1. The minimum atomic E-state index is -0.764. The molecule has 0 aromatic heterocycles. The van der Waals surface area contributed by atoms with Crippen molar-refractivity contribution >= 4 is 23.2 Å². The predicted octanol–water partition coefficient (Wildman–Crippen LogP) is 2.75. The van der Waals surface area contributed by atoms with Gasteiger partial charge >= 0.3 is 0 Å². The average Bonchev–Trinajstić information content (AvgIpc) is 3.44. The normalized spacial score (nSPS) is 18.5. The molecule has 0 bridgehead atoms. The van der Waals surface area contributed by atoms with Crippen molar-refractivity contribution < 1.29 is 14.0 Å². The molecule has 1 aliphatic heterocycles. The van der Waals surface area contributed by atoms with Crippen molar-refractivity contribution in [1.29, 1.82) is 0 Å². The molecule has 1 heterocycles. The Morgan fingerprint density at radius 2 is 1.79 bits per heavy atom. The van der Waals surface area contributed by atoms with Gasteiger partial charge in [0, 0.05) is 19.0 Å². The van der Waals surface area contributed by atoms with Gasteiger partial charge in [0.15, 0.2) is 0 Å². The molecule has 1 saturated carbocycles. The maximum atomic E-state index is 13.3. The molecule has 1 atom stereocenters. The zero-order valence-corrected chi connectivity index (χ0v) is 16.2. The zero-order chi connectivity index (χ0) is 20.5. The van der Waals surface area contributed by atoms with E-state index in [1.807, 2.05) is 36.1 Å². The first-order valence-corrected chi connectivity index (χ1v) is 9.70. The van der Waals surface area contributed by atoms with Crippen molar-refractivity contribution in [2.24, 2.45) is 10.8 Å². The van der Waals surface area contributed by atoms with Crippen LogP contribution in [0.15, 0.2) is 53.6 Å². The highest BCUT2D eigenvalue weighted by Crippen LogP contribution is 2.31. The van der Waals surface area contributed by atoms with Crippen molar-refractivity contribution in [1.82, 2.24) is 4.90 Å². The Morgan fingerprint density at radius 3 is 2.38 bits per heavy atom. The maximum Gasteiger partial charge on any atom is 0.270 e. The van der Waals surface area contributed by atoms with Crippen LogP contribution >= 0.6 is 0 Å². The number of hydrogen-bond acceptors (Lipinski definition) is 4. The predicted molar refractivity (Wildman–Crippen MR) is 109 cm³/mol. The third-order valence-corrected chi connectivity index (χ3v) is 5.30. The number of hydrogen-bond donors (Lipinski definition) is 1. The third kappa shape index (κ3) is 4.13. The van der Waals surface area contributed by atoms with Gasteiger partial charge in [-0.3, -0.25) is 14.6 Å². The van der Waals surface area contributed by atoms with E-state index in [1.54, 1.807) is 0 Å². The Hall–Kier alpha value is -3.22. The Balaban J connectivity index is 1.58. The molecule has 29 heavy (non-hydrogen) atoms. The molecule has 7 heteroatoms. The molecule has 1 aliphatic carbocycles.